The lowest BCUT2D eigenvalue weighted by Gasteiger charge is -2.35. The number of anilines is 2. The fourth-order valence-electron chi connectivity index (χ4n) is 5.98. The summed E-state index contributed by atoms with van der Waals surface area (Å²) in [5.74, 6) is -3.01. The minimum absolute atomic E-state index is 0.000668. The van der Waals surface area contributed by atoms with E-state index in [2.05, 4.69) is 25.4 Å². The molecule has 2 unspecified atom stereocenters. The number of nitrogens with one attached hydrogen (secondary N) is 1. The first-order valence-corrected chi connectivity index (χ1v) is 15.4. The van der Waals surface area contributed by atoms with E-state index in [9.17, 15) is 22.8 Å². The van der Waals surface area contributed by atoms with Crippen LogP contribution in [-0.4, -0.2) is 87.9 Å². The van der Waals surface area contributed by atoms with E-state index in [0.29, 0.717) is 36.7 Å². The van der Waals surface area contributed by atoms with E-state index in [1.54, 1.807) is 37.6 Å². The minimum atomic E-state index is -1.30. The molecule has 46 heavy (non-hydrogen) atoms. The van der Waals surface area contributed by atoms with Crippen LogP contribution in [0.4, 0.5) is 29.9 Å². The molecule has 1 aliphatic carbocycles. The van der Waals surface area contributed by atoms with Crippen LogP contribution in [0.1, 0.15) is 80.0 Å². The Kier molecular flexibility index (Phi) is 8.51. The molecule has 0 radical (unpaired) electrons. The fourth-order valence-corrected chi connectivity index (χ4v) is 5.98. The third-order valence-electron chi connectivity index (χ3n) is 8.61. The van der Waals surface area contributed by atoms with Gasteiger partial charge >= 0.3 is 12.1 Å². The quantitative estimate of drug-likeness (QED) is 0.371. The fraction of sp³-hybridized carbons (Fsp3) is 0.548. The topological polar surface area (TPSA) is 130 Å². The molecular formula is C31H37F3N8O4. The first-order chi connectivity index (χ1) is 21.9. The van der Waals surface area contributed by atoms with Gasteiger partial charge in [0, 0.05) is 69.6 Å². The highest BCUT2D eigenvalue weighted by atomic mass is 19.2. The van der Waals surface area contributed by atoms with Crippen LogP contribution in [-0.2, 0) is 4.74 Å². The van der Waals surface area contributed by atoms with E-state index in [4.69, 9.17) is 9.26 Å². The summed E-state index contributed by atoms with van der Waals surface area (Å²) >= 11 is 0. The van der Waals surface area contributed by atoms with Gasteiger partial charge in [0.1, 0.15) is 11.4 Å². The summed E-state index contributed by atoms with van der Waals surface area (Å²) in [4.78, 5) is 44.7. The van der Waals surface area contributed by atoms with Gasteiger partial charge in [0.15, 0.2) is 17.5 Å². The van der Waals surface area contributed by atoms with Gasteiger partial charge in [-0.25, -0.2) is 27.9 Å². The molecule has 3 aliphatic rings. The van der Waals surface area contributed by atoms with Gasteiger partial charge < -0.3 is 29.3 Å². The lowest BCUT2D eigenvalue weighted by molar-refractivity contribution is 0.0504. The third kappa shape index (κ3) is 6.87. The number of hydrogen-bond acceptors (Lipinski definition) is 10. The van der Waals surface area contributed by atoms with Crippen LogP contribution in [0.5, 0.6) is 0 Å². The number of hydrogen-bond donors (Lipinski definition) is 1. The second-order valence-corrected chi connectivity index (χ2v) is 13.2. The van der Waals surface area contributed by atoms with Crippen molar-refractivity contribution in [3.8, 4) is 0 Å². The number of carbonyl (C=O) groups excluding carboxylic acids is 2. The molecule has 15 heteroatoms. The summed E-state index contributed by atoms with van der Waals surface area (Å²) < 4.78 is 53.5. The van der Waals surface area contributed by atoms with Gasteiger partial charge in [-0.1, -0.05) is 5.16 Å². The normalized spacial score (nSPS) is 20.6. The summed E-state index contributed by atoms with van der Waals surface area (Å²) in [6.45, 7) is 6.70. The van der Waals surface area contributed by atoms with Crippen molar-refractivity contribution in [1.29, 1.82) is 0 Å². The predicted octanol–water partition coefficient (Wildman–Crippen LogP) is 4.39. The number of piperidine rings is 1. The number of rotatable bonds is 7. The third-order valence-corrected chi connectivity index (χ3v) is 8.61. The Hall–Kier alpha value is -4.43. The smallest absolute Gasteiger partial charge is 0.407 e. The van der Waals surface area contributed by atoms with E-state index < -0.39 is 41.1 Å². The second-order valence-electron chi connectivity index (χ2n) is 13.2. The number of aromatic nitrogens is 4. The van der Waals surface area contributed by atoms with Crippen molar-refractivity contribution in [2.45, 2.75) is 76.0 Å². The Balaban J connectivity index is 1.11. The lowest BCUT2D eigenvalue weighted by Crippen LogP contribution is -2.45. The van der Waals surface area contributed by atoms with Crippen molar-refractivity contribution in [2.75, 3.05) is 43.0 Å². The van der Waals surface area contributed by atoms with Crippen LogP contribution in [0.15, 0.2) is 29.0 Å². The molecule has 1 aromatic carbocycles. The molecule has 1 N–H and O–H groups in total. The molecule has 4 heterocycles. The standard InChI is InChI=1S/C31H37F3N8O4/c1-31(2,3)45-30(44)37-25-16-42(15-21(25)20-11-23(33)24(34)12-22(20)32)28-35-13-18(14-36-28)27(43)40(4)19-7-9-41(10-8-19)29-38-26(39-46-29)17-5-6-17/h11-14,17,19,21,25H,5-10,15-16H2,1-4H3,(H,37,44). The summed E-state index contributed by atoms with van der Waals surface area (Å²) in [6, 6.07) is 1.09. The Bertz CT molecular complexity index is 1590. The number of carbonyl (C=O) groups is 2. The van der Waals surface area contributed by atoms with Crippen LogP contribution in [0.3, 0.4) is 0 Å². The monoisotopic (exact) mass is 642 g/mol. The van der Waals surface area contributed by atoms with Crippen LogP contribution in [0.2, 0.25) is 0 Å². The van der Waals surface area contributed by atoms with Crippen molar-refractivity contribution < 1.29 is 32.0 Å². The highest BCUT2D eigenvalue weighted by Gasteiger charge is 2.39. The van der Waals surface area contributed by atoms with E-state index in [-0.39, 0.29) is 36.6 Å². The van der Waals surface area contributed by atoms with Gasteiger partial charge in [0.25, 0.3) is 5.91 Å². The zero-order valence-electron chi connectivity index (χ0n) is 26.2. The van der Waals surface area contributed by atoms with Gasteiger partial charge in [0.2, 0.25) is 5.95 Å². The van der Waals surface area contributed by atoms with Crippen molar-refractivity contribution >= 4 is 24.0 Å². The first-order valence-electron chi connectivity index (χ1n) is 15.4. The zero-order valence-corrected chi connectivity index (χ0v) is 26.2. The molecule has 2 aliphatic heterocycles. The molecule has 6 rings (SSSR count). The zero-order chi connectivity index (χ0) is 32.7. The summed E-state index contributed by atoms with van der Waals surface area (Å²) in [5, 5.41) is 6.82. The highest BCUT2D eigenvalue weighted by molar-refractivity contribution is 5.93. The van der Waals surface area contributed by atoms with E-state index in [0.717, 1.165) is 37.6 Å². The van der Waals surface area contributed by atoms with E-state index in [1.165, 1.54) is 12.4 Å². The minimum Gasteiger partial charge on any atom is -0.444 e. The molecule has 3 aromatic rings. The van der Waals surface area contributed by atoms with Crippen molar-refractivity contribution in [3.05, 3.63) is 58.9 Å². The van der Waals surface area contributed by atoms with E-state index in [1.807, 2.05) is 4.90 Å². The number of ether oxygens (including phenoxy) is 1. The molecule has 0 bridgehead atoms. The van der Waals surface area contributed by atoms with Gasteiger partial charge in [-0.15, -0.1) is 0 Å². The molecule has 3 fully saturated rings. The SMILES string of the molecule is CN(C(=O)c1cnc(N2CC(NC(=O)OC(C)(C)C)C(c3cc(F)c(F)cc3F)C2)nc1)C1CCN(c2nc(C3CC3)no2)CC1. The maximum absolute atomic E-state index is 14.8. The van der Waals surface area contributed by atoms with Crippen molar-refractivity contribution in [1.82, 2.24) is 30.3 Å². The molecule has 1 saturated carbocycles. The van der Waals surface area contributed by atoms with Crippen LogP contribution in [0.25, 0.3) is 0 Å². The number of benzene rings is 1. The van der Waals surface area contributed by atoms with Crippen molar-refractivity contribution in [3.63, 3.8) is 0 Å². The molecule has 2 saturated heterocycles. The van der Waals surface area contributed by atoms with Crippen LogP contribution in [0, 0.1) is 17.5 Å². The molecule has 2 aromatic heterocycles. The number of amides is 2. The maximum Gasteiger partial charge on any atom is 0.407 e. The van der Waals surface area contributed by atoms with E-state index >= 15 is 0 Å². The molecule has 0 spiro atoms. The summed E-state index contributed by atoms with van der Waals surface area (Å²) in [5.41, 5.74) is -0.580. The molecule has 2 atom stereocenters. The van der Waals surface area contributed by atoms with Crippen molar-refractivity contribution in [2.24, 2.45) is 0 Å². The lowest BCUT2D eigenvalue weighted by atomic mass is 9.93. The average Bonchev–Trinajstić information content (AvgIpc) is 3.60. The molecule has 2 amide bonds. The van der Waals surface area contributed by atoms with Crippen LogP contribution >= 0.6 is 0 Å². The summed E-state index contributed by atoms with van der Waals surface area (Å²) in [7, 11) is 1.75. The highest BCUT2D eigenvalue weighted by Crippen LogP contribution is 2.39. The van der Waals surface area contributed by atoms with Crippen LogP contribution < -0.4 is 15.1 Å². The Morgan fingerprint density at radius 3 is 2.30 bits per heavy atom. The summed E-state index contributed by atoms with van der Waals surface area (Å²) in [6.07, 6.45) is 5.77. The molecule has 12 nitrogen and oxygen atoms in total. The average molecular weight is 643 g/mol. The molecule has 246 valence electrons. The Morgan fingerprint density at radius 1 is 0.978 bits per heavy atom. The Morgan fingerprint density at radius 2 is 1.65 bits per heavy atom. The Labute approximate surface area is 264 Å². The number of alkyl carbamates (subject to hydrolysis) is 1. The van der Waals surface area contributed by atoms with Gasteiger partial charge in [0.05, 0.1) is 11.6 Å². The number of nitrogens with zero attached hydrogens (tertiary/aromatic N) is 7. The van der Waals surface area contributed by atoms with Gasteiger partial charge in [-0.3, -0.25) is 4.79 Å². The second kappa shape index (κ2) is 12.4. The number of halogens is 3. The largest absolute Gasteiger partial charge is 0.444 e. The molecular weight excluding hydrogens is 605 g/mol. The maximum atomic E-state index is 14.8. The first kappa shape index (κ1) is 31.5. The van der Waals surface area contributed by atoms with Gasteiger partial charge in [-0.2, -0.15) is 4.98 Å². The van der Waals surface area contributed by atoms with Gasteiger partial charge in [-0.05, 0) is 58.1 Å². The predicted molar refractivity (Wildman–Crippen MR) is 160 cm³/mol.